The Morgan fingerprint density at radius 3 is 2.59 bits per heavy atom. The first-order valence-corrected chi connectivity index (χ1v) is 10.4. The standard InChI is InChI=1S/C22H22F2N4O/c1-11(20(29)27-22-6-21(7-22,8-22)9-25)19-13-2-12(3-14(13)19)28-10-26-17-4-15(23)16(24)5-18(17)28/h4-5,10-14,19H,2-3,6-8H2,1H3,(H,27,29)/t11?,12?,13-,14+,19?,21?,22?. The summed E-state index contributed by atoms with van der Waals surface area (Å²) in [6.45, 7) is 2.02. The number of nitrogens with one attached hydrogen (secondary N) is 1. The number of nitrogens with zero attached hydrogens (tertiary/aromatic N) is 3. The average molecular weight is 396 g/mol. The van der Waals surface area contributed by atoms with Gasteiger partial charge in [0.05, 0.1) is 28.8 Å². The number of fused-ring (bicyclic) bond motifs is 2. The monoisotopic (exact) mass is 396 g/mol. The molecule has 1 N–H and O–H groups in total. The van der Waals surface area contributed by atoms with Crippen LogP contribution >= 0.6 is 0 Å². The fraction of sp³-hybridized carbons (Fsp3) is 0.591. The molecule has 0 saturated heterocycles. The van der Waals surface area contributed by atoms with Crippen LogP contribution < -0.4 is 5.32 Å². The van der Waals surface area contributed by atoms with Crippen molar-refractivity contribution in [3.63, 3.8) is 0 Å². The van der Waals surface area contributed by atoms with Gasteiger partial charge < -0.3 is 9.88 Å². The number of rotatable bonds is 4. The zero-order chi connectivity index (χ0) is 20.1. The number of amides is 1. The van der Waals surface area contributed by atoms with Crippen molar-refractivity contribution in [1.29, 1.82) is 5.26 Å². The zero-order valence-electron chi connectivity index (χ0n) is 16.2. The van der Waals surface area contributed by atoms with Gasteiger partial charge in [-0.15, -0.1) is 0 Å². The molecule has 1 aromatic heterocycles. The van der Waals surface area contributed by atoms with E-state index in [9.17, 15) is 13.6 Å². The Morgan fingerprint density at radius 2 is 1.93 bits per heavy atom. The van der Waals surface area contributed by atoms with Crippen LogP contribution in [0, 0.1) is 52.1 Å². The summed E-state index contributed by atoms with van der Waals surface area (Å²) in [6, 6.07) is 4.97. The molecule has 5 aliphatic rings. The predicted octanol–water partition coefficient (Wildman–Crippen LogP) is 3.71. The topological polar surface area (TPSA) is 70.7 Å². The van der Waals surface area contributed by atoms with Gasteiger partial charge in [-0.3, -0.25) is 4.79 Å². The van der Waals surface area contributed by atoms with Gasteiger partial charge in [0.2, 0.25) is 5.91 Å². The molecule has 150 valence electrons. The van der Waals surface area contributed by atoms with E-state index >= 15 is 0 Å². The molecule has 5 nitrogen and oxygen atoms in total. The minimum atomic E-state index is -0.874. The van der Waals surface area contributed by atoms with Crippen molar-refractivity contribution < 1.29 is 13.6 Å². The molecule has 0 aliphatic heterocycles. The lowest BCUT2D eigenvalue weighted by molar-refractivity contribution is -0.147. The number of carbonyl (C=O) groups excluding carboxylic acids is 1. The zero-order valence-corrected chi connectivity index (χ0v) is 16.2. The van der Waals surface area contributed by atoms with Crippen LogP contribution in [-0.4, -0.2) is 21.0 Å². The summed E-state index contributed by atoms with van der Waals surface area (Å²) in [6.07, 6.45) is 5.98. The molecule has 1 aromatic carbocycles. The molecule has 5 saturated carbocycles. The van der Waals surface area contributed by atoms with Crippen LogP contribution in [0.15, 0.2) is 18.5 Å². The highest BCUT2D eigenvalue weighted by Crippen LogP contribution is 2.67. The molecular formula is C22H22F2N4O. The second-order valence-electron chi connectivity index (χ2n) is 9.92. The number of aromatic nitrogens is 2. The van der Waals surface area contributed by atoms with E-state index in [1.165, 1.54) is 6.07 Å². The van der Waals surface area contributed by atoms with Gasteiger partial charge in [0.1, 0.15) is 0 Å². The van der Waals surface area contributed by atoms with E-state index in [4.69, 9.17) is 5.26 Å². The highest BCUT2D eigenvalue weighted by molar-refractivity contribution is 5.81. The molecule has 1 heterocycles. The molecule has 2 bridgehead atoms. The minimum absolute atomic E-state index is 0.0240. The third kappa shape index (κ3) is 2.29. The molecule has 3 unspecified atom stereocenters. The van der Waals surface area contributed by atoms with E-state index in [1.54, 1.807) is 6.33 Å². The van der Waals surface area contributed by atoms with Crippen molar-refractivity contribution in [2.75, 3.05) is 0 Å². The molecule has 5 aliphatic carbocycles. The molecule has 1 amide bonds. The third-order valence-corrected chi connectivity index (χ3v) is 8.14. The Balaban J connectivity index is 1.10. The van der Waals surface area contributed by atoms with Crippen LogP contribution in [0.25, 0.3) is 11.0 Å². The van der Waals surface area contributed by atoms with Crippen LogP contribution in [0.4, 0.5) is 8.78 Å². The first kappa shape index (κ1) is 17.4. The number of carbonyl (C=O) groups is 1. The predicted molar refractivity (Wildman–Crippen MR) is 100 cm³/mol. The normalized spacial score (nSPS) is 39.8. The summed E-state index contributed by atoms with van der Waals surface area (Å²) in [4.78, 5) is 17.0. The van der Waals surface area contributed by atoms with Crippen LogP contribution in [0.2, 0.25) is 0 Å². The van der Waals surface area contributed by atoms with Crippen molar-refractivity contribution in [2.45, 2.75) is 50.6 Å². The second-order valence-corrected chi connectivity index (χ2v) is 9.92. The third-order valence-electron chi connectivity index (χ3n) is 8.14. The van der Waals surface area contributed by atoms with Crippen LogP contribution in [0.5, 0.6) is 0 Å². The van der Waals surface area contributed by atoms with E-state index < -0.39 is 11.6 Å². The summed E-state index contributed by atoms with van der Waals surface area (Å²) < 4.78 is 29.1. The van der Waals surface area contributed by atoms with Gasteiger partial charge >= 0.3 is 0 Å². The van der Waals surface area contributed by atoms with Crippen LogP contribution in [0.3, 0.4) is 0 Å². The van der Waals surface area contributed by atoms with Crippen LogP contribution in [-0.2, 0) is 4.79 Å². The average Bonchev–Trinajstić information content (AvgIpc) is 2.96. The van der Waals surface area contributed by atoms with Gasteiger partial charge in [-0.05, 0) is 49.9 Å². The summed E-state index contributed by atoms with van der Waals surface area (Å²) in [5, 5.41) is 12.4. The molecule has 5 atom stereocenters. The van der Waals surface area contributed by atoms with E-state index in [0.29, 0.717) is 28.8 Å². The first-order chi connectivity index (χ1) is 13.8. The number of benzene rings is 1. The second kappa shape index (κ2) is 5.35. The highest BCUT2D eigenvalue weighted by Gasteiger charge is 2.70. The molecule has 29 heavy (non-hydrogen) atoms. The van der Waals surface area contributed by atoms with Gasteiger partial charge in [-0.1, -0.05) is 6.92 Å². The van der Waals surface area contributed by atoms with Crippen molar-refractivity contribution in [2.24, 2.45) is 29.1 Å². The van der Waals surface area contributed by atoms with E-state index in [0.717, 1.165) is 38.2 Å². The molecule has 0 radical (unpaired) electrons. The van der Waals surface area contributed by atoms with E-state index in [1.807, 2.05) is 11.5 Å². The van der Waals surface area contributed by atoms with Crippen LogP contribution in [0.1, 0.15) is 45.1 Å². The molecule has 5 fully saturated rings. The lowest BCUT2D eigenvalue weighted by Crippen LogP contribution is -2.74. The van der Waals surface area contributed by atoms with Gasteiger partial charge in [0, 0.05) is 29.6 Å². The van der Waals surface area contributed by atoms with Crippen molar-refractivity contribution >= 4 is 16.9 Å². The lowest BCUT2D eigenvalue weighted by atomic mass is 9.40. The number of imidazole rings is 1. The Hall–Kier alpha value is -2.49. The van der Waals surface area contributed by atoms with Crippen molar-refractivity contribution in [3.8, 4) is 6.07 Å². The molecule has 0 spiro atoms. The number of nitriles is 1. The Morgan fingerprint density at radius 1 is 1.28 bits per heavy atom. The Labute approximate surface area is 167 Å². The number of halogens is 2. The minimum Gasteiger partial charge on any atom is -0.350 e. The van der Waals surface area contributed by atoms with E-state index in [2.05, 4.69) is 16.4 Å². The summed E-state index contributed by atoms with van der Waals surface area (Å²) in [5.41, 5.74) is 0.841. The quantitative estimate of drug-likeness (QED) is 0.856. The van der Waals surface area contributed by atoms with Gasteiger partial charge in [-0.2, -0.15) is 5.26 Å². The summed E-state index contributed by atoms with van der Waals surface area (Å²) in [5.74, 6) is -0.225. The molecule has 7 rings (SSSR count). The van der Waals surface area contributed by atoms with E-state index in [-0.39, 0.29) is 28.8 Å². The van der Waals surface area contributed by atoms with Crippen molar-refractivity contribution in [3.05, 3.63) is 30.1 Å². The SMILES string of the molecule is CC(C(=O)NC12CC(C#N)(C1)C2)C1[C@H]2CC(n3cnc4cc(F)c(F)cc43)C[C@@H]12. The maximum absolute atomic E-state index is 13.7. The van der Waals surface area contributed by atoms with Gasteiger partial charge in [0.25, 0.3) is 0 Å². The fourth-order valence-corrected chi connectivity index (χ4v) is 6.73. The maximum atomic E-state index is 13.7. The smallest absolute Gasteiger partial charge is 0.223 e. The fourth-order valence-electron chi connectivity index (χ4n) is 6.73. The summed E-state index contributed by atoms with van der Waals surface area (Å²) >= 11 is 0. The molecule has 7 heteroatoms. The van der Waals surface area contributed by atoms with Crippen molar-refractivity contribution in [1.82, 2.24) is 14.9 Å². The number of hydrogen-bond donors (Lipinski definition) is 1. The Kier molecular flexibility index (Phi) is 3.21. The Bertz CT molecular complexity index is 1070. The van der Waals surface area contributed by atoms with Gasteiger partial charge in [0.15, 0.2) is 11.6 Å². The molecule has 2 aromatic rings. The van der Waals surface area contributed by atoms with Gasteiger partial charge in [-0.25, -0.2) is 13.8 Å². The maximum Gasteiger partial charge on any atom is 0.223 e. The summed E-state index contributed by atoms with van der Waals surface area (Å²) in [7, 11) is 0. The largest absolute Gasteiger partial charge is 0.350 e. The number of hydrogen-bond acceptors (Lipinski definition) is 3. The highest BCUT2D eigenvalue weighted by atomic mass is 19.2. The lowest BCUT2D eigenvalue weighted by Gasteiger charge is -2.67. The first-order valence-electron chi connectivity index (χ1n) is 10.4. The molecular weight excluding hydrogens is 374 g/mol.